The highest BCUT2D eigenvalue weighted by atomic mass is 19.4. The van der Waals surface area contributed by atoms with Gasteiger partial charge in [-0.15, -0.1) is 0 Å². The third-order valence-electron chi connectivity index (χ3n) is 2.60. The van der Waals surface area contributed by atoms with Gasteiger partial charge in [0.15, 0.2) is 0 Å². The lowest BCUT2D eigenvalue weighted by Crippen LogP contribution is -2.15. The van der Waals surface area contributed by atoms with Crippen molar-refractivity contribution in [3.05, 3.63) is 35.6 Å². The molecule has 76 valence electrons. The zero-order chi connectivity index (χ0) is 10.3. The highest BCUT2D eigenvalue weighted by Gasteiger charge is 2.51. The summed E-state index contributed by atoms with van der Waals surface area (Å²) in [5.74, 6) is -2.19. The Hall–Kier alpha value is -0.995. The third-order valence-corrected chi connectivity index (χ3v) is 2.60. The summed E-state index contributed by atoms with van der Waals surface area (Å²) in [6.07, 6.45) is 0.118. The van der Waals surface area contributed by atoms with Crippen LogP contribution in [0.4, 0.5) is 17.3 Å². The van der Waals surface area contributed by atoms with E-state index in [2.05, 4.69) is 0 Å². The van der Waals surface area contributed by atoms with Crippen LogP contribution in [-0.2, 0) is 0 Å². The van der Waals surface area contributed by atoms with Crippen LogP contribution in [0.15, 0.2) is 24.3 Å². The van der Waals surface area contributed by atoms with Crippen molar-refractivity contribution in [1.29, 1.82) is 0 Å². The minimum absolute atomic E-state index is 0.118. The monoisotopic (exact) mass is 203 g/mol. The zero-order valence-corrected chi connectivity index (χ0v) is 7.26. The van der Waals surface area contributed by atoms with Crippen molar-refractivity contribution in [3.8, 4) is 0 Å². The molecule has 5 heteroatoms. The number of rotatable bonds is 2. The molecule has 14 heavy (non-hydrogen) atoms. The Morgan fingerprint density at radius 2 is 1.93 bits per heavy atom. The first-order valence-electron chi connectivity index (χ1n) is 4.44. The quantitative estimate of drug-likeness (QED) is 0.509. The van der Waals surface area contributed by atoms with Gasteiger partial charge in [-0.3, -0.25) is 0 Å². The summed E-state index contributed by atoms with van der Waals surface area (Å²) < 4.78 is 49.4. The van der Waals surface area contributed by atoms with Crippen LogP contribution < -0.4 is 0 Å². The van der Waals surface area contributed by atoms with Gasteiger partial charge in [-0.05, 0) is 23.6 Å². The standard InChI is InChI=1S/C9H8BF4/c11-7-3-1-2-6(4-7)8-5-9(8)10(12,13)14/h1-4,8-9H,5H2/q-1/t8-,9+/m1/s1. The summed E-state index contributed by atoms with van der Waals surface area (Å²) in [6.45, 7) is -4.76. The Morgan fingerprint density at radius 3 is 2.43 bits per heavy atom. The number of hydrogen-bond acceptors (Lipinski definition) is 0. The average molecular weight is 203 g/mol. The highest BCUT2D eigenvalue weighted by molar-refractivity contribution is 6.61. The van der Waals surface area contributed by atoms with Crippen molar-refractivity contribution < 1.29 is 17.3 Å². The predicted molar refractivity (Wildman–Crippen MR) is 46.6 cm³/mol. The molecule has 1 aliphatic rings. The Morgan fingerprint density at radius 1 is 1.21 bits per heavy atom. The molecule has 1 aromatic rings. The fourth-order valence-corrected chi connectivity index (χ4v) is 1.75. The van der Waals surface area contributed by atoms with Crippen LogP contribution in [0.2, 0.25) is 5.82 Å². The van der Waals surface area contributed by atoms with Gasteiger partial charge in [-0.25, -0.2) is 4.39 Å². The Kier molecular flexibility index (Phi) is 2.05. The molecule has 0 aliphatic heterocycles. The van der Waals surface area contributed by atoms with Gasteiger partial charge in [0, 0.05) is 0 Å². The fraction of sp³-hybridized carbons (Fsp3) is 0.333. The molecule has 1 aromatic carbocycles. The maximum atomic E-state index is 12.7. The third kappa shape index (κ3) is 1.76. The van der Waals surface area contributed by atoms with E-state index in [-0.39, 0.29) is 6.42 Å². The Labute approximate surface area is 79.0 Å². The topological polar surface area (TPSA) is 0 Å². The van der Waals surface area contributed by atoms with Gasteiger partial charge in [0.2, 0.25) is 0 Å². The summed E-state index contributed by atoms with van der Waals surface area (Å²) in [6, 6.07) is 5.42. The average Bonchev–Trinajstić information content (AvgIpc) is 2.81. The lowest BCUT2D eigenvalue weighted by molar-refractivity contribution is 0.463. The molecule has 0 saturated heterocycles. The summed E-state index contributed by atoms with van der Waals surface area (Å²) in [7, 11) is 0. The van der Waals surface area contributed by atoms with Crippen molar-refractivity contribution in [1.82, 2.24) is 0 Å². The van der Waals surface area contributed by atoms with Crippen molar-refractivity contribution in [2.45, 2.75) is 18.2 Å². The van der Waals surface area contributed by atoms with Crippen molar-refractivity contribution in [3.63, 3.8) is 0 Å². The zero-order valence-electron chi connectivity index (χ0n) is 7.26. The van der Waals surface area contributed by atoms with Crippen LogP contribution in [-0.4, -0.2) is 6.98 Å². The molecule has 1 aliphatic carbocycles. The molecule has 0 spiro atoms. The van der Waals surface area contributed by atoms with Gasteiger partial charge in [0.1, 0.15) is 5.82 Å². The lowest BCUT2D eigenvalue weighted by Gasteiger charge is -2.12. The number of hydrogen-bond donors (Lipinski definition) is 0. The summed E-state index contributed by atoms with van der Waals surface area (Å²) in [5.41, 5.74) is 0.467. The molecule has 0 unspecified atom stereocenters. The van der Waals surface area contributed by atoms with E-state index < -0.39 is 24.5 Å². The molecule has 0 nitrogen and oxygen atoms in total. The van der Waals surface area contributed by atoms with Crippen LogP contribution in [0.5, 0.6) is 0 Å². The second-order valence-electron chi connectivity index (χ2n) is 3.69. The molecule has 2 atom stereocenters. The first-order chi connectivity index (χ1) is 6.48. The van der Waals surface area contributed by atoms with Crippen LogP contribution in [0.3, 0.4) is 0 Å². The number of benzene rings is 1. The summed E-state index contributed by atoms with van der Waals surface area (Å²) in [4.78, 5) is 0. The van der Waals surface area contributed by atoms with Crippen molar-refractivity contribution in [2.75, 3.05) is 0 Å². The van der Waals surface area contributed by atoms with E-state index in [0.717, 1.165) is 0 Å². The maximum absolute atomic E-state index is 12.7. The van der Waals surface area contributed by atoms with Crippen LogP contribution in [0, 0.1) is 5.82 Å². The van der Waals surface area contributed by atoms with Crippen molar-refractivity contribution in [2.24, 2.45) is 0 Å². The second kappa shape index (κ2) is 3.00. The van der Waals surface area contributed by atoms with Gasteiger partial charge in [-0.2, -0.15) is 0 Å². The molecule has 0 radical (unpaired) electrons. The normalized spacial score (nSPS) is 26.3. The Bertz CT molecular complexity index is 347. The van der Waals surface area contributed by atoms with E-state index in [1.807, 2.05) is 0 Å². The molecule has 0 aromatic heterocycles. The van der Waals surface area contributed by atoms with E-state index in [4.69, 9.17) is 0 Å². The molecule has 0 N–H and O–H groups in total. The van der Waals surface area contributed by atoms with Crippen LogP contribution >= 0.6 is 0 Å². The molecule has 1 saturated carbocycles. The van der Waals surface area contributed by atoms with Gasteiger partial charge >= 0.3 is 6.98 Å². The van der Waals surface area contributed by atoms with E-state index in [9.17, 15) is 17.3 Å². The minimum Gasteiger partial charge on any atom is -0.449 e. The maximum Gasteiger partial charge on any atom is 0.481 e. The predicted octanol–water partition coefficient (Wildman–Crippen LogP) is 3.53. The minimum atomic E-state index is -4.76. The van der Waals surface area contributed by atoms with Crippen LogP contribution in [0.25, 0.3) is 0 Å². The van der Waals surface area contributed by atoms with E-state index in [1.54, 1.807) is 6.07 Å². The first kappa shape index (κ1) is 9.56. The summed E-state index contributed by atoms with van der Waals surface area (Å²) >= 11 is 0. The molecule has 0 heterocycles. The first-order valence-corrected chi connectivity index (χ1v) is 4.44. The van der Waals surface area contributed by atoms with Gasteiger partial charge in [0.25, 0.3) is 0 Å². The second-order valence-corrected chi connectivity index (χ2v) is 3.69. The van der Waals surface area contributed by atoms with Gasteiger partial charge in [0.05, 0.1) is 0 Å². The highest BCUT2D eigenvalue weighted by Crippen LogP contribution is 2.59. The van der Waals surface area contributed by atoms with Crippen LogP contribution in [0.1, 0.15) is 17.9 Å². The van der Waals surface area contributed by atoms with Gasteiger partial charge in [-0.1, -0.05) is 24.4 Å². The molecule has 0 amide bonds. The molecular weight excluding hydrogens is 195 g/mol. The molecule has 0 bridgehead atoms. The molecular formula is C9H8BF4-. The Balaban J connectivity index is 2.14. The SMILES string of the molecule is Fc1cccc([C@H]2C[C@@H]2[B-](F)(F)F)c1. The number of halogens is 4. The smallest absolute Gasteiger partial charge is 0.449 e. The van der Waals surface area contributed by atoms with E-state index in [1.165, 1.54) is 18.2 Å². The van der Waals surface area contributed by atoms with E-state index >= 15 is 0 Å². The van der Waals surface area contributed by atoms with E-state index in [0.29, 0.717) is 5.56 Å². The van der Waals surface area contributed by atoms with Crippen molar-refractivity contribution >= 4 is 6.98 Å². The lowest BCUT2D eigenvalue weighted by atomic mass is 9.81. The molecule has 2 rings (SSSR count). The fourth-order valence-electron chi connectivity index (χ4n) is 1.75. The molecule has 1 fully saturated rings. The summed E-state index contributed by atoms with van der Waals surface area (Å²) in [5, 5.41) is 0. The largest absolute Gasteiger partial charge is 0.481 e. The van der Waals surface area contributed by atoms with Gasteiger partial charge < -0.3 is 12.9 Å².